The second-order valence-corrected chi connectivity index (χ2v) is 10.0. The third kappa shape index (κ3) is 3.87. The van der Waals surface area contributed by atoms with Crippen molar-refractivity contribution < 1.29 is 19.4 Å². The van der Waals surface area contributed by atoms with E-state index in [1.54, 1.807) is 21.5 Å². The fourth-order valence-corrected chi connectivity index (χ4v) is 5.72. The van der Waals surface area contributed by atoms with Crippen molar-refractivity contribution in [2.45, 2.75) is 19.4 Å². The molecule has 0 saturated heterocycles. The quantitative estimate of drug-likeness (QED) is 0.428. The summed E-state index contributed by atoms with van der Waals surface area (Å²) in [5.74, 6) is -1.16. The van der Waals surface area contributed by atoms with Crippen LogP contribution in [0.5, 0.6) is 5.75 Å². The maximum absolute atomic E-state index is 13.3. The predicted molar refractivity (Wildman–Crippen MR) is 124 cm³/mol. The number of hydrogen-bond acceptors (Lipinski definition) is 9. The second kappa shape index (κ2) is 8.68. The molecular formula is C21H15ClN6O4S2. The van der Waals surface area contributed by atoms with Crippen molar-refractivity contribution in [2.24, 2.45) is 0 Å². The Morgan fingerprint density at radius 2 is 2.21 bits per heavy atom. The number of carbonyl (C=O) groups is 2. The number of amides is 1. The van der Waals surface area contributed by atoms with E-state index in [4.69, 9.17) is 21.6 Å². The summed E-state index contributed by atoms with van der Waals surface area (Å²) in [6.07, 6.45) is 2.00. The van der Waals surface area contributed by atoms with Crippen molar-refractivity contribution in [2.75, 3.05) is 13.2 Å². The van der Waals surface area contributed by atoms with Gasteiger partial charge in [0.25, 0.3) is 5.91 Å². The van der Waals surface area contributed by atoms with Crippen molar-refractivity contribution in [1.29, 1.82) is 5.26 Å². The fraction of sp³-hybridized carbons (Fsp3) is 0.238. The number of benzene rings is 1. The number of carboxylic acids is 1. The van der Waals surface area contributed by atoms with E-state index >= 15 is 0 Å². The third-order valence-corrected chi connectivity index (χ3v) is 7.44. The van der Waals surface area contributed by atoms with Crippen LogP contribution in [0.3, 0.4) is 0 Å². The van der Waals surface area contributed by atoms with Crippen LogP contribution in [-0.2, 0) is 11.2 Å². The highest BCUT2D eigenvalue weighted by molar-refractivity contribution is 7.16. The lowest BCUT2D eigenvalue weighted by molar-refractivity contribution is -0.135. The summed E-state index contributed by atoms with van der Waals surface area (Å²) < 4.78 is 7.39. The number of fused-ring (bicyclic) bond motifs is 3. The lowest BCUT2D eigenvalue weighted by Crippen LogP contribution is -2.43. The molecule has 0 radical (unpaired) electrons. The first-order valence-electron chi connectivity index (χ1n) is 10.0. The van der Waals surface area contributed by atoms with Gasteiger partial charge in [-0.15, -0.1) is 11.3 Å². The first-order valence-corrected chi connectivity index (χ1v) is 12.0. The molecule has 1 N–H and O–H groups in total. The Labute approximate surface area is 205 Å². The highest BCUT2D eigenvalue weighted by Gasteiger charge is 2.38. The van der Waals surface area contributed by atoms with Gasteiger partial charge in [0.05, 0.1) is 32.9 Å². The van der Waals surface area contributed by atoms with E-state index in [-0.39, 0.29) is 28.3 Å². The van der Waals surface area contributed by atoms with Gasteiger partial charge < -0.3 is 14.7 Å². The maximum atomic E-state index is 13.3. The van der Waals surface area contributed by atoms with Crippen LogP contribution in [0.1, 0.15) is 42.7 Å². The van der Waals surface area contributed by atoms with Crippen LogP contribution < -0.4 is 4.74 Å². The van der Waals surface area contributed by atoms with E-state index in [1.165, 1.54) is 23.6 Å². The van der Waals surface area contributed by atoms with Gasteiger partial charge in [-0.3, -0.25) is 4.79 Å². The van der Waals surface area contributed by atoms with E-state index < -0.39 is 12.0 Å². The van der Waals surface area contributed by atoms with Crippen molar-refractivity contribution in [3.8, 4) is 11.8 Å². The van der Waals surface area contributed by atoms with Gasteiger partial charge >= 0.3 is 5.97 Å². The third-order valence-electron chi connectivity index (χ3n) is 5.28. The number of nitrogens with zero attached hydrogens (tertiary/aromatic N) is 6. The maximum Gasteiger partial charge on any atom is 0.365 e. The van der Waals surface area contributed by atoms with Gasteiger partial charge in [0.2, 0.25) is 9.97 Å². The Kier molecular flexibility index (Phi) is 5.68. The smallest absolute Gasteiger partial charge is 0.365 e. The van der Waals surface area contributed by atoms with Crippen molar-refractivity contribution in [3.05, 3.63) is 61.3 Å². The molecule has 4 heterocycles. The molecule has 0 fully saturated rings. The summed E-state index contributed by atoms with van der Waals surface area (Å²) in [7, 11) is 0. The summed E-state index contributed by atoms with van der Waals surface area (Å²) in [5.41, 5.74) is 1.92. The Hall–Kier alpha value is -3.53. The van der Waals surface area contributed by atoms with Crippen molar-refractivity contribution in [3.63, 3.8) is 0 Å². The minimum Gasteiger partial charge on any atom is -0.482 e. The van der Waals surface area contributed by atoms with Crippen LogP contribution in [-0.4, -0.2) is 54.6 Å². The molecule has 4 aromatic rings. The molecule has 0 spiro atoms. The summed E-state index contributed by atoms with van der Waals surface area (Å²) in [6, 6.07) is 5.95. The predicted octanol–water partition coefficient (Wildman–Crippen LogP) is 3.33. The van der Waals surface area contributed by atoms with E-state index in [0.717, 1.165) is 27.7 Å². The number of rotatable bonds is 5. The minimum atomic E-state index is -1.13. The molecule has 1 aromatic carbocycles. The standard InChI is InChI=1S/C21H15ClN6O4S2/c1-10-26-28-17-13(25-21(28)33-10)4-5-27(18(17)15-8-24-19(34-15)20(30)31)16(29)9-32-14-3-2-11(7-23)6-12(14)22/h2-3,6,8,18H,4-5,9H2,1H3,(H,30,31). The lowest BCUT2D eigenvalue weighted by Gasteiger charge is -2.34. The molecule has 34 heavy (non-hydrogen) atoms. The number of carboxylic acid groups (broad SMARTS) is 1. The summed E-state index contributed by atoms with van der Waals surface area (Å²) in [5, 5.41) is 23.9. The van der Waals surface area contributed by atoms with Crippen molar-refractivity contribution in [1.82, 2.24) is 24.5 Å². The van der Waals surface area contributed by atoms with E-state index in [9.17, 15) is 14.7 Å². The zero-order chi connectivity index (χ0) is 24.0. The molecule has 3 aromatic heterocycles. The molecule has 10 nitrogen and oxygen atoms in total. The average Bonchev–Trinajstić information content (AvgIpc) is 3.51. The Balaban J connectivity index is 1.49. The Morgan fingerprint density at radius 3 is 2.91 bits per heavy atom. The molecule has 172 valence electrons. The van der Waals surface area contributed by atoms with E-state index in [2.05, 4.69) is 15.1 Å². The highest BCUT2D eigenvalue weighted by atomic mass is 35.5. The van der Waals surface area contributed by atoms with Gasteiger partial charge in [-0.05, 0) is 25.1 Å². The molecule has 1 amide bonds. The molecule has 13 heteroatoms. The normalized spacial score (nSPS) is 15.2. The number of carbonyl (C=O) groups excluding carboxylic acids is 1. The Morgan fingerprint density at radius 1 is 1.38 bits per heavy atom. The zero-order valence-corrected chi connectivity index (χ0v) is 19.9. The van der Waals surface area contributed by atoms with E-state index in [0.29, 0.717) is 28.4 Å². The molecule has 0 saturated carbocycles. The number of hydrogen-bond donors (Lipinski definition) is 1. The number of thiazole rings is 1. The summed E-state index contributed by atoms with van der Waals surface area (Å²) >= 11 is 8.63. The number of ether oxygens (including phenoxy) is 1. The van der Waals surface area contributed by atoms with Gasteiger partial charge in [-0.25, -0.2) is 19.3 Å². The van der Waals surface area contributed by atoms with Crippen LogP contribution in [0.2, 0.25) is 5.02 Å². The van der Waals surface area contributed by atoms with Crippen molar-refractivity contribution >= 4 is 51.1 Å². The first-order chi connectivity index (χ1) is 16.4. The highest BCUT2D eigenvalue weighted by Crippen LogP contribution is 2.39. The number of nitriles is 1. The molecule has 1 unspecified atom stereocenters. The zero-order valence-electron chi connectivity index (χ0n) is 17.6. The lowest BCUT2D eigenvalue weighted by atomic mass is 10.0. The molecule has 1 aliphatic heterocycles. The molecule has 5 rings (SSSR count). The first kappa shape index (κ1) is 22.3. The SMILES string of the molecule is Cc1nn2c3c(nc2s1)CCN(C(=O)COc1ccc(C#N)cc1Cl)C3c1cnc(C(=O)O)s1. The average molecular weight is 515 g/mol. The number of aromatic nitrogens is 4. The number of aryl methyl sites for hydroxylation is 1. The van der Waals surface area contributed by atoms with Crippen LogP contribution >= 0.6 is 34.3 Å². The fourth-order valence-electron chi connectivity index (χ4n) is 3.84. The second-order valence-electron chi connectivity index (χ2n) is 7.42. The van der Waals surface area contributed by atoms with Gasteiger partial charge in [-0.1, -0.05) is 22.9 Å². The minimum absolute atomic E-state index is 0.0645. The van der Waals surface area contributed by atoms with Gasteiger partial charge in [-0.2, -0.15) is 10.4 Å². The molecule has 0 aliphatic carbocycles. The summed E-state index contributed by atoms with van der Waals surface area (Å²) in [6.45, 7) is 1.95. The van der Waals surface area contributed by atoms with Crippen LogP contribution in [0.15, 0.2) is 24.4 Å². The summed E-state index contributed by atoms with van der Waals surface area (Å²) in [4.78, 5) is 36.4. The molecule has 1 atom stereocenters. The molecular weight excluding hydrogens is 500 g/mol. The van der Waals surface area contributed by atoms with E-state index in [1.807, 2.05) is 13.0 Å². The van der Waals surface area contributed by atoms with Gasteiger partial charge in [0.1, 0.15) is 16.8 Å². The van der Waals surface area contributed by atoms with Crippen LogP contribution in [0, 0.1) is 18.3 Å². The largest absolute Gasteiger partial charge is 0.482 e. The Bertz CT molecular complexity index is 1490. The monoisotopic (exact) mass is 514 g/mol. The number of imidazole rings is 1. The van der Waals surface area contributed by atoms with Crippen LogP contribution in [0.25, 0.3) is 4.96 Å². The van der Waals surface area contributed by atoms with Gasteiger partial charge in [0.15, 0.2) is 6.61 Å². The van der Waals surface area contributed by atoms with Gasteiger partial charge in [0, 0.05) is 19.2 Å². The molecule has 0 bridgehead atoms. The number of aromatic carboxylic acids is 1. The topological polar surface area (TPSA) is 134 Å². The molecule has 1 aliphatic rings. The van der Waals surface area contributed by atoms with Crippen LogP contribution in [0.4, 0.5) is 0 Å². The number of halogens is 1.